The van der Waals surface area contributed by atoms with Gasteiger partial charge in [0.25, 0.3) is 0 Å². The highest BCUT2D eigenvalue weighted by Crippen LogP contribution is 2.20. The van der Waals surface area contributed by atoms with Crippen LogP contribution in [0.15, 0.2) is 12.1 Å². The van der Waals surface area contributed by atoms with Crippen molar-refractivity contribution in [1.82, 2.24) is 4.98 Å². The zero-order valence-electron chi connectivity index (χ0n) is 11.4. The number of pyridine rings is 1. The molecular formula is C14H23N3O. The molecule has 1 unspecified atom stereocenters. The van der Waals surface area contributed by atoms with Gasteiger partial charge in [-0.2, -0.15) is 0 Å². The largest absolute Gasteiger partial charge is 0.377 e. The van der Waals surface area contributed by atoms with Crippen molar-refractivity contribution < 1.29 is 4.74 Å². The Bertz CT molecular complexity index is 395. The topological polar surface area (TPSA) is 51.4 Å². The zero-order chi connectivity index (χ0) is 13.0. The first-order valence-corrected chi connectivity index (χ1v) is 6.79. The Balaban J connectivity index is 2.27. The molecule has 100 valence electrons. The minimum Gasteiger partial charge on any atom is -0.377 e. The molecule has 1 aromatic heterocycles. The summed E-state index contributed by atoms with van der Waals surface area (Å²) in [5, 5.41) is 0. The van der Waals surface area contributed by atoms with Crippen LogP contribution in [0.1, 0.15) is 31.5 Å². The summed E-state index contributed by atoms with van der Waals surface area (Å²) in [7, 11) is 0. The highest BCUT2D eigenvalue weighted by molar-refractivity contribution is 5.44. The van der Waals surface area contributed by atoms with Gasteiger partial charge in [-0.15, -0.1) is 0 Å². The second kappa shape index (κ2) is 6.16. The third-order valence-electron chi connectivity index (χ3n) is 3.33. The molecule has 1 aliphatic rings. The molecule has 0 bridgehead atoms. The van der Waals surface area contributed by atoms with E-state index in [2.05, 4.69) is 30.9 Å². The van der Waals surface area contributed by atoms with Crippen molar-refractivity contribution in [2.75, 3.05) is 24.7 Å². The Morgan fingerprint density at radius 1 is 1.50 bits per heavy atom. The first-order chi connectivity index (χ1) is 8.74. The molecule has 1 atom stereocenters. The molecule has 1 aromatic rings. The van der Waals surface area contributed by atoms with Crippen LogP contribution >= 0.6 is 0 Å². The molecular weight excluding hydrogens is 226 g/mol. The Morgan fingerprint density at radius 2 is 2.33 bits per heavy atom. The highest BCUT2D eigenvalue weighted by Gasteiger charge is 2.20. The summed E-state index contributed by atoms with van der Waals surface area (Å²) in [5.41, 5.74) is 8.09. The van der Waals surface area contributed by atoms with E-state index in [9.17, 15) is 0 Å². The quantitative estimate of drug-likeness (QED) is 0.882. The molecule has 2 N–H and O–H groups in total. The van der Waals surface area contributed by atoms with E-state index >= 15 is 0 Å². The Hall–Kier alpha value is -1.13. The fraction of sp³-hybridized carbons (Fsp3) is 0.643. The molecule has 18 heavy (non-hydrogen) atoms. The highest BCUT2D eigenvalue weighted by atomic mass is 16.5. The lowest BCUT2D eigenvalue weighted by atomic mass is 10.1. The molecule has 0 aliphatic carbocycles. The van der Waals surface area contributed by atoms with Crippen LogP contribution < -0.4 is 10.6 Å². The number of ether oxygens (including phenoxy) is 1. The maximum absolute atomic E-state index is 5.78. The molecule has 1 fully saturated rings. The first kappa shape index (κ1) is 13.3. The summed E-state index contributed by atoms with van der Waals surface area (Å²) < 4.78 is 5.47. The third kappa shape index (κ3) is 3.00. The molecule has 0 aromatic carbocycles. The normalized spacial score (nSPS) is 20.2. The van der Waals surface area contributed by atoms with E-state index in [1.54, 1.807) is 0 Å². The number of anilines is 1. The molecule has 4 nitrogen and oxygen atoms in total. The van der Waals surface area contributed by atoms with Gasteiger partial charge in [-0.1, -0.05) is 13.3 Å². The number of hydrogen-bond acceptors (Lipinski definition) is 4. The summed E-state index contributed by atoms with van der Waals surface area (Å²) in [5.74, 6) is 1.05. The summed E-state index contributed by atoms with van der Waals surface area (Å²) >= 11 is 0. The van der Waals surface area contributed by atoms with Crippen LogP contribution in [-0.4, -0.2) is 30.8 Å². The van der Waals surface area contributed by atoms with E-state index in [1.807, 2.05) is 0 Å². The van der Waals surface area contributed by atoms with Crippen molar-refractivity contribution in [1.29, 1.82) is 0 Å². The number of nitrogens with zero attached hydrogens (tertiary/aromatic N) is 2. The lowest BCUT2D eigenvalue weighted by Gasteiger charge is -2.34. The van der Waals surface area contributed by atoms with Gasteiger partial charge in [-0.25, -0.2) is 4.98 Å². The fourth-order valence-electron chi connectivity index (χ4n) is 2.35. The molecule has 4 heteroatoms. The number of aryl methyl sites for hydroxylation is 1. The Morgan fingerprint density at radius 3 is 3.00 bits per heavy atom. The maximum Gasteiger partial charge on any atom is 0.129 e. The average Bonchev–Trinajstić information content (AvgIpc) is 2.39. The standard InChI is InChI=1S/C14H23N3O/c1-3-4-13-7-12(9-15)8-14(16-13)17-5-6-18-10-11(17)2/h7-8,11H,3-6,9-10,15H2,1-2H3. The van der Waals surface area contributed by atoms with Gasteiger partial charge in [0.05, 0.1) is 19.3 Å². The monoisotopic (exact) mass is 249 g/mol. The molecule has 0 radical (unpaired) electrons. The van der Waals surface area contributed by atoms with Crippen molar-refractivity contribution in [2.45, 2.75) is 39.3 Å². The van der Waals surface area contributed by atoms with Gasteiger partial charge in [0.2, 0.25) is 0 Å². The van der Waals surface area contributed by atoms with E-state index in [4.69, 9.17) is 15.5 Å². The summed E-state index contributed by atoms with van der Waals surface area (Å²) in [6.07, 6.45) is 2.12. The number of aromatic nitrogens is 1. The van der Waals surface area contributed by atoms with Crippen LogP contribution in [0.4, 0.5) is 5.82 Å². The fourth-order valence-corrected chi connectivity index (χ4v) is 2.35. The van der Waals surface area contributed by atoms with Gasteiger partial charge in [-0.3, -0.25) is 0 Å². The van der Waals surface area contributed by atoms with Gasteiger partial charge in [0, 0.05) is 18.8 Å². The molecule has 2 heterocycles. The van der Waals surface area contributed by atoms with Crippen molar-refractivity contribution in [3.05, 3.63) is 23.4 Å². The van der Waals surface area contributed by atoms with Crippen molar-refractivity contribution in [3.63, 3.8) is 0 Å². The summed E-state index contributed by atoms with van der Waals surface area (Å²) in [4.78, 5) is 7.08. The summed E-state index contributed by atoms with van der Waals surface area (Å²) in [6, 6.07) is 4.62. The predicted molar refractivity (Wildman–Crippen MR) is 73.8 cm³/mol. The minimum atomic E-state index is 0.383. The maximum atomic E-state index is 5.78. The van der Waals surface area contributed by atoms with E-state index in [1.165, 1.54) is 5.56 Å². The predicted octanol–water partition coefficient (Wildman–Crippen LogP) is 1.72. The Kier molecular flexibility index (Phi) is 4.55. The Labute approximate surface area is 109 Å². The molecule has 2 rings (SSSR count). The lowest BCUT2D eigenvalue weighted by Crippen LogP contribution is -2.44. The lowest BCUT2D eigenvalue weighted by molar-refractivity contribution is 0.0985. The van der Waals surface area contributed by atoms with E-state index in [0.717, 1.165) is 44.1 Å². The smallest absolute Gasteiger partial charge is 0.129 e. The second-order valence-electron chi connectivity index (χ2n) is 4.90. The van der Waals surface area contributed by atoms with Crippen LogP contribution in [0.25, 0.3) is 0 Å². The average molecular weight is 249 g/mol. The second-order valence-corrected chi connectivity index (χ2v) is 4.90. The van der Waals surface area contributed by atoms with Gasteiger partial charge in [0.15, 0.2) is 0 Å². The van der Waals surface area contributed by atoms with Crippen molar-refractivity contribution in [2.24, 2.45) is 5.73 Å². The van der Waals surface area contributed by atoms with E-state index in [-0.39, 0.29) is 0 Å². The van der Waals surface area contributed by atoms with Crippen LogP contribution in [0.3, 0.4) is 0 Å². The number of morpholine rings is 1. The SMILES string of the molecule is CCCc1cc(CN)cc(N2CCOCC2C)n1. The zero-order valence-corrected chi connectivity index (χ0v) is 11.4. The van der Waals surface area contributed by atoms with E-state index in [0.29, 0.717) is 12.6 Å². The van der Waals surface area contributed by atoms with Gasteiger partial charge in [-0.05, 0) is 31.0 Å². The van der Waals surface area contributed by atoms with Crippen LogP contribution in [0.2, 0.25) is 0 Å². The number of rotatable bonds is 4. The van der Waals surface area contributed by atoms with Crippen molar-refractivity contribution in [3.8, 4) is 0 Å². The minimum absolute atomic E-state index is 0.383. The van der Waals surface area contributed by atoms with Gasteiger partial charge >= 0.3 is 0 Å². The summed E-state index contributed by atoms with van der Waals surface area (Å²) in [6.45, 7) is 7.39. The molecule has 0 amide bonds. The third-order valence-corrected chi connectivity index (χ3v) is 3.33. The number of nitrogens with two attached hydrogens (primary N) is 1. The van der Waals surface area contributed by atoms with Gasteiger partial charge in [0.1, 0.15) is 5.82 Å². The molecule has 0 spiro atoms. The van der Waals surface area contributed by atoms with Crippen LogP contribution in [0.5, 0.6) is 0 Å². The number of hydrogen-bond donors (Lipinski definition) is 1. The van der Waals surface area contributed by atoms with Gasteiger partial charge < -0.3 is 15.4 Å². The van der Waals surface area contributed by atoms with Crippen LogP contribution in [-0.2, 0) is 17.7 Å². The van der Waals surface area contributed by atoms with E-state index < -0.39 is 0 Å². The molecule has 1 saturated heterocycles. The molecule has 0 saturated carbocycles. The first-order valence-electron chi connectivity index (χ1n) is 6.79. The molecule has 1 aliphatic heterocycles. The van der Waals surface area contributed by atoms with Crippen molar-refractivity contribution >= 4 is 5.82 Å². The van der Waals surface area contributed by atoms with Crippen LogP contribution in [0, 0.1) is 0 Å².